The number of hydrogen-bond acceptors (Lipinski definition) is 5. The van der Waals surface area contributed by atoms with E-state index < -0.39 is 36.4 Å². The van der Waals surface area contributed by atoms with E-state index >= 15 is 0 Å². The summed E-state index contributed by atoms with van der Waals surface area (Å²) >= 11 is 0. The topological polar surface area (TPSA) is 76.1 Å². The van der Waals surface area contributed by atoms with E-state index in [2.05, 4.69) is 25.3 Å². The van der Waals surface area contributed by atoms with E-state index in [1.165, 1.54) is 0 Å². The van der Waals surface area contributed by atoms with Gasteiger partial charge in [0.1, 0.15) is 5.82 Å². The van der Waals surface area contributed by atoms with E-state index in [1.807, 2.05) is 6.92 Å². The van der Waals surface area contributed by atoms with Gasteiger partial charge in [0, 0.05) is 18.9 Å². The first-order valence-corrected chi connectivity index (χ1v) is 8.55. The van der Waals surface area contributed by atoms with E-state index in [0.29, 0.717) is 5.82 Å². The Bertz CT molecular complexity index is 814. The standard InChI is InChI=1S/C18H20F4N4O2/c1-3-5-23-15-8-12(4-6-24-15)11(2)26-16(27)13-7-14(19)17(25-9-13)28-10-18(20,21)22/h4,6-9,11H,3,5,10H2,1-2H3,(H,23,24)(H,26,27). The summed E-state index contributed by atoms with van der Waals surface area (Å²) in [5, 5.41) is 5.81. The Labute approximate surface area is 159 Å². The molecule has 1 atom stereocenters. The SMILES string of the molecule is CCCNc1cc(C(C)NC(=O)c2cnc(OCC(F)(F)F)c(F)c2)ccn1. The molecule has 0 aliphatic rings. The van der Waals surface area contributed by atoms with Gasteiger partial charge in [-0.1, -0.05) is 6.92 Å². The Hall–Kier alpha value is -2.91. The number of nitrogens with zero attached hydrogens (tertiary/aromatic N) is 2. The van der Waals surface area contributed by atoms with Gasteiger partial charge in [-0.3, -0.25) is 4.79 Å². The van der Waals surface area contributed by atoms with Crippen LogP contribution in [0.25, 0.3) is 0 Å². The zero-order chi connectivity index (χ0) is 20.7. The van der Waals surface area contributed by atoms with E-state index in [4.69, 9.17) is 0 Å². The highest BCUT2D eigenvalue weighted by molar-refractivity contribution is 5.94. The minimum Gasteiger partial charge on any atom is -0.466 e. The van der Waals surface area contributed by atoms with Gasteiger partial charge in [-0.05, 0) is 37.1 Å². The number of amides is 1. The van der Waals surface area contributed by atoms with Crippen molar-refractivity contribution in [3.63, 3.8) is 0 Å². The fraction of sp³-hybridized carbons (Fsp3) is 0.389. The van der Waals surface area contributed by atoms with Crippen LogP contribution in [-0.4, -0.2) is 35.2 Å². The minimum absolute atomic E-state index is 0.137. The zero-order valence-electron chi connectivity index (χ0n) is 15.3. The Kier molecular flexibility index (Phi) is 7.13. The molecule has 152 valence electrons. The van der Waals surface area contributed by atoms with Crippen molar-refractivity contribution in [3.05, 3.63) is 47.5 Å². The molecule has 0 radical (unpaired) electrons. The van der Waals surface area contributed by atoms with Crippen LogP contribution in [0.5, 0.6) is 5.88 Å². The Morgan fingerprint density at radius 3 is 2.68 bits per heavy atom. The highest BCUT2D eigenvalue weighted by Crippen LogP contribution is 2.21. The lowest BCUT2D eigenvalue weighted by molar-refractivity contribution is -0.154. The van der Waals surface area contributed by atoms with Crippen LogP contribution >= 0.6 is 0 Å². The number of nitrogens with one attached hydrogen (secondary N) is 2. The van der Waals surface area contributed by atoms with Crippen LogP contribution in [0.4, 0.5) is 23.4 Å². The molecule has 0 bridgehead atoms. The molecule has 2 aromatic heterocycles. The Balaban J connectivity index is 2.03. The van der Waals surface area contributed by atoms with Gasteiger partial charge in [0.2, 0.25) is 0 Å². The van der Waals surface area contributed by atoms with Gasteiger partial charge in [0.05, 0.1) is 11.6 Å². The molecule has 0 aliphatic heterocycles. The van der Waals surface area contributed by atoms with Gasteiger partial charge in [-0.25, -0.2) is 14.4 Å². The molecule has 0 fully saturated rings. The lowest BCUT2D eigenvalue weighted by Crippen LogP contribution is -2.27. The number of ether oxygens (including phenoxy) is 1. The maximum Gasteiger partial charge on any atom is 0.422 e. The summed E-state index contributed by atoms with van der Waals surface area (Å²) in [6.45, 7) is 2.84. The number of carbonyl (C=O) groups is 1. The molecule has 1 unspecified atom stereocenters. The molecule has 0 aromatic carbocycles. The van der Waals surface area contributed by atoms with E-state index in [9.17, 15) is 22.4 Å². The summed E-state index contributed by atoms with van der Waals surface area (Å²) in [5.74, 6) is -1.93. The molecule has 10 heteroatoms. The fourth-order valence-electron chi connectivity index (χ4n) is 2.24. The van der Waals surface area contributed by atoms with Crippen molar-refractivity contribution in [1.29, 1.82) is 0 Å². The second kappa shape index (κ2) is 9.34. The predicted molar refractivity (Wildman–Crippen MR) is 94.6 cm³/mol. The van der Waals surface area contributed by atoms with E-state index in [-0.39, 0.29) is 5.56 Å². The molecule has 6 nitrogen and oxygen atoms in total. The monoisotopic (exact) mass is 400 g/mol. The predicted octanol–water partition coefficient (Wildman–Crippen LogP) is 3.87. The molecule has 0 saturated carbocycles. The van der Waals surface area contributed by atoms with Crippen molar-refractivity contribution >= 4 is 11.7 Å². The quantitative estimate of drug-likeness (QED) is 0.658. The number of alkyl halides is 3. The van der Waals surface area contributed by atoms with Gasteiger partial charge in [-0.2, -0.15) is 13.2 Å². The first-order chi connectivity index (χ1) is 13.2. The van der Waals surface area contributed by atoms with Gasteiger partial charge >= 0.3 is 6.18 Å². The summed E-state index contributed by atoms with van der Waals surface area (Å²) in [5.41, 5.74) is 0.641. The number of halogens is 4. The molecule has 2 aromatic rings. The maximum atomic E-state index is 13.9. The molecule has 2 rings (SSSR count). The fourth-order valence-corrected chi connectivity index (χ4v) is 2.24. The van der Waals surface area contributed by atoms with E-state index in [1.54, 1.807) is 25.3 Å². The van der Waals surface area contributed by atoms with Crippen LogP contribution < -0.4 is 15.4 Å². The Morgan fingerprint density at radius 2 is 2.04 bits per heavy atom. The van der Waals surface area contributed by atoms with Crippen molar-refractivity contribution in [2.45, 2.75) is 32.5 Å². The van der Waals surface area contributed by atoms with Crippen LogP contribution in [-0.2, 0) is 0 Å². The lowest BCUT2D eigenvalue weighted by Gasteiger charge is -2.16. The summed E-state index contributed by atoms with van der Waals surface area (Å²) in [4.78, 5) is 19.9. The van der Waals surface area contributed by atoms with E-state index in [0.717, 1.165) is 30.8 Å². The molecule has 0 saturated heterocycles. The van der Waals surface area contributed by atoms with Crippen molar-refractivity contribution < 1.29 is 27.1 Å². The average Bonchev–Trinajstić information content (AvgIpc) is 2.64. The van der Waals surface area contributed by atoms with Gasteiger partial charge in [0.25, 0.3) is 11.8 Å². The molecular formula is C18H20F4N4O2. The third kappa shape index (κ3) is 6.36. The van der Waals surface area contributed by atoms with Crippen LogP contribution in [0, 0.1) is 5.82 Å². The highest BCUT2D eigenvalue weighted by Gasteiger charge is 2.29. The molecule has 1 amide bonds. The first kappa shape index (κ1) is 21.4. The number of aromatic nitrogens is 2. The van der Waals surface area contributed by atoms with Gasteiger partial charge in [0.15, 0.2) is 12.4 Å². The van der Waals surface area contributed by atoms with Crippen LogP contribution in [0.2, 0.25) is 0 Å². The summed E-state index contributed by atoms with van der Waals surface area (Å²) < 4.78 is 54.5. The van der Waals surface area contributed by atoms with Crippen molar-refractivity contribution in [2.24, 2.45) is 0 Å². The van der Waals surface area contributed by atoms with Crippen LogP contribution in [0.15, 0.2) is 30.6 Å². The van der Waals surface area contributed by atoms with Crippen molar-refractivity contribution in [1.82, 2.24) is 15.3 Å². The zero-order valence-corrected chi connectivity index (χ0v) is 15.3. The second-order valence-corrected chi connectivity index (χ2v) is 6.01. The second-order valence-electron chi connectivity index (χ2n) is 6.01. The van der Waals surface area contributed by atoms with Crippen molar-refractivity contribution in [2.75, 3.05) is 18.5 Å². The lowest BCUT2D eigenvalue weighted by atomic mass is 10.1. The van der Waals surface area contributed by atoms with Gasteiger partial charge in [-0.15, -0.1) is 0 Å². The highest BCUT2D eigenvalue weighted by atomic mass is 19.4. The molecule has 0 spiro atoms. The number of hydrogen-bond donors (Lipinski definition) is 2. The minimum atomic E-state index is -4.62. The summed E-state index contributed by atoms with van der Waals surface area (Å²) in [6.07, 6.45) is -1.13. The molecule has 2 N–H and O–H groups in total. The number of carbonyl (C=O) groups excluding carboxylic acids is 1. The van der Waals surface area contributed by atoms with Crippen molar-refractivity contribution in [3.8, 4) is 5.88 Å². The summed E-state index contributed by atoms with van der Waals surface area (Å²) in [7, 11) is 0. The smallest absolute Gasteiger partial charge is 0.422 e. The van der Waals surface area contributed by atoms with Crippen LogP contribution in [0.3, 0.4) is 0 Å². The molecular weight excluding hydrogens is 380 g/mol. The number of pyridine rings is 2. The normalized spacial score (nSPS) is 12.4. The maximum absolute atomic E-state index is 13.9. The van der Waals surface area contributed by atoms with Crippen LogP contribution in [0.1, 0.15) is 42.2 Å². The first-order valence-electron chi connectivity index (χ1n) is 8.55. The molecule has 0 aliphatic carbocycles. The van der Waals surface area contributed by atoms with Gasteiger partial charge < -0.3 is 15.4 Å². The number of anilines is 1. The third-order valence-corrected chi connectivity index (χ3v) is 3.63. The molecule has 2 heterocycles. The largest absolute Gasteiger partial charge is 0.466 e. The average molecular weight is 400 g/mol. The summed E-state index contributed by atoms with van der Waals surface area (Å²) in [6, 6.07) is 3.88. The Morgan fingerprint density at radius 1 is 1.29 bits per heavy atom. The number of rotatable bonds is 8. The third-order valence-electron chi connectivity index (χ3n) is 3.63. The molecule has 28 heavy (non-hydrogen) atoms.